The predicted octanol–water partition coefficient (Wildman–Crippen LogP) is 1.65. The molecule has 0 amide bonds. The minimum Gasteiger partial charge on any atom is -0.476 e. The van der Waals surface area contributed by atoms with Gasteiger partial charge in [-0.05, 0) is 13.3 Å². The summed E-state index contributed by atoms with van der Waals surface area (Å²) in [6.45, 7) is 4.72. The van der Waals surface area contributed by atoms with Crippen LogP contribution >= 0.6 is 0 Å². The zero-order valence-corrected chi connectivity index (χ0v) is 8.99. The summed E-state index contributed by atoms with van der Waals surface area (Å²) < 4.78 is 4.86. The first-order valence-corrected chi connectivity index (χ1v) is 5.05. The van der Waals surface area contributed by atoms with Gasteiger partial charge in [0.2, 0.25) is 0 Å². The van der Waals surface area contributed by atoms with Crippen LogP contribution < -0.4 is 5.32 Å². The average Bonchev–Trinajstić information content (AvgIpc) is 2.63. The van der Waals surface area contributed by atoms with Crippen molar-refractivity contribution in [2.75, 3.05) is 0 Å². The molecule has 0 aromatic carbocycles. The second-order valence-electron chi connectivity index (χ2n) is 3.55. The fourth-order valence-electron chi connectivity index (χ4n) is 1.31. The SMILES string of the molecule is CCCC(C)NCc1cc(C(=O)O)no1. The highest BCUT2D eigenvalue weighted by Crippen LogP contribution is 2.04. The van der Waals surface area contributed by atoms with Gasteiger partial charge in [0.25, 0.3) is 0 Å². The van der Waals surface area contributed by atoms with E-state index in [1.165, 1.54) is 6.07 Å². The van der Waals surface area contributed by atoms with Crippen LogP contribution in [-0.4, -0.2) is 22.3 Å². The van der Waals surface area contributed by atoms with Crippen molar-refractivity contribution in [3.05, 3.63) is 17.5 Å². The minimum absolute atomic E-state index is 0.0463. The molecule has 5 nitrogen and oxygen atoms in total. The van der Waals surface area contributed by atoms with Gasteiger partial charge in [0.05, 0.1) is 6.54 Å². The number of hydrogen-bond donors (Lipinski definition) is 2. The van der Waals surface area contributed by atoms with E-state index in [1.54, 1.807) is 0 Å². The van der Waals surface area contributed by atoms with Gasteiger partial charge in [-0.3, -0.25) is 0 Å². The molecule has 0 spiro atoms. The quantitative estimate of drug-likeness (QED) is 0.749. The summed E-state index contributed by atoms with van der Waals surface area (Å²) >= 11 is 0. The molecule has 1 heterocycles. The number of aromatic nitrogens is 1. The molecule has 1 aromatic heterocycles. The molecule has 5 heteroatoms. The number of carboxylic acids is 1. The summed E-state index contributed by atoms with van der Waals surface area (Å²) in [6.07, 6.45) is 2.20. The maximum atomic E-state index is 10.5. The van der Waals surface area contributed by atoms with Gasteiger partial charge in [-0.15, -0.1) is 0 Å². The van der Waals surface area contributed by atoms with Gasteiger partial charge >= 0.3 is 5.97 Å². The number of aromatic carboxylic acids is 1. The van der Waals surface area contributed by atoms with Crippen molar-refractivity contribution in [3.8, 4) is 0 Å². The topological polar surface area (TPSA) is 75.4 Å². The van der Waals surface area contributed by atoms with Crippen molar-refractivity contribution in [1.82, 2.24) is 10.5 Å². The summed E-state index contributed by atoms with van der Waals surface area (Å²) in [6, 6.07) is 1.84. The van der Waals surface area contributed by atoms with E-state index in [4.69, 9.17) is 9.63 Å². The standard InChI is InChI=1S/C10H16N2O3/c1-3-4-7(2)11-6-8-5-9(10(13)14)12-15-8/h5,7,11H,3-4,6H2,1-2H3,(H,13,14). The van der Waals surface area contributed by atoms with Crippen LogP contribution in [0.2, 0.25) is 0 Å². The molecule has 1 atom stereocenters. The lowest BCUT2D eigenvalue weighted by atomic mass is 10.2. The van der Waals surface area contributed by atoms with Gasteiger partial charge < -0.3 is 14.9 Å². The third-order valence-corrected chi connectivity index (χ3v) is 2.12. The zero-order valence-electron chi connectivity index (χ0n) is 8.99. The van der Waals surface area contributed by atoms with E-state index in [1.807, 2.05) is 0 Å². The highest BCUT2D eigenvalue weighted by Gasteiger charge is 2.10. The molecule has 0 saturated carbocycles. The van der Waals surface area contributed by atoms with Gasteiger partial charge in [-0.25, -0.2) is 4.79 Å². The molecule has 0 aliphatic carbocycles. The van der Waals surface area contributed by atoms with Gasteiger partial charge in [0.15, 0.2) is 11.5 Å². The summed E-state index contributed by atoms with van der Waals surface area (Å²) in [5.74, 6) is -0.512. The molecule has 84 valence electrons. The Kier molecular flexibility index (Phi) is 4.30. The molecule has 15 heavy (non-hydrogen) atoms. The lowest BCUT2D eigenvalue weighted by Gasteiger charge is -2.10. The van der Waals surface area contributed by atoms with Crippen molar-refractivity contribution in [3.63, 3.8) is 0 Å². The average molecular weight is 212 g/mol. The van der Waals surface area contributed by atoms with Crippen molar-refractivity contribution in [2.24, 2.45) is 0 Å². The van der Waals surface area contributed by atoms with Gasteiger partial charge in [-0.2, -0.15) is 0 Å². The predicted molar refractivity (Wildman–Crippen MR) is 54.7 cm³/mol. The van der Waals surface area contributed by atoms with E-state index in [2.05, 4.69) is 24.3 Å². The Hall–Kier alpha value is -1.36. The lowest BCUT2D eigenvalue weighted by molar-refractivity contribution is 0.0685. The highest BCUT2D eigenvalue weighted by molar-refractivity contribution is 5.85. The molecule has 2 N–H and O–H groups in total. The van der Waals surface area contributed by atoms with E-state index in [9.17, 15) is 4.79 Å². The molecule has 0 aliphatic rings. The van der Waals surface area contributed by atoms with E-state index >= 15 is 0 Å². The third-order valence-electron chi connectivity index (χ3n) is 2.12. The fraction of sp³-hybridized carbons (Fsp3) is 0.600. The smallest absolute Gasteiger partial charge is 0.358 e. The Morgan fingerprint density at radius 2 is 2.47 bits per heavy atom. The molecular formula is C10H16N2O3. The Balaban J connectivity index is 2.40. The number of hydrogen-bond acceptors (Lipinski definition) is 4. The third kappa shape index (κ3) is 3.71. The maximum Gasteiger partial charge on any atom is 0.358 e. The van der Waals surface area contributed by atoms with Gasteiger partial charge in [0, 0.05) is 12.1 Å². The number of rotatable bonds is 6. The van der Waals surface area contributed by atoms with Crippen molar-refractivity contribution < 1.29 is 14.4 Å². The summed E-state index contributed by atoms with van der Waals surface area (Å²) in [5, 5.41) is 15.3. The molecule has 0 fully saturated rings. The van der Waals surface area contributed by atoms with Crippen LogP contribution in [0.5, 0.6) is 0 Å². The summed E-state index contributed by atoms with van der Waals surface area (Å²) in [4.78, 5) is 10.5. The van der Waals surface area contributed by atoms with E-state index < -0.39 is 5.97 Å². The Bertz CT molecular complexity index is 322. The monoisotopic (exact) mass is 212 g/mol. The van der Waals surface area contributed by atoms with Crippen molar-refractivity contribution in [1.29, 1.82) is 0 Å². The van der Waals surface area contributed by atoms with Crippen molar-refractivity contribution in [2.45, 2.75) is 39.3 Å². The molecule has 1 unspecified atom stereocenters. The number of nitrogens with one attached hydrogen (secondary N) is 1. The largest absolute Gasteiger partial charge is 0.476 e. The Morgan fingerprint density at radius 1 is 1.73 bits per heavy atom. The molecule has 1 aromatic rings. The first-order chi connectivity index (χ1) is 7.13. The Morgan fingerprint density at radius 3 is 3.00 bits per heavy atom. The molecule has 0 bridgehead atoms. The molecule has 1 rings (SSSR count). The van der Waals surface area contributed by atoms with Gasteiger partial charge in [-0.1, -0.05) is 18.5 Å². The molecule has 0 radical (unpaired) electrons. The normalized spacial score (nSPS) is 12.7. The van der Waals surface area contributed by atoms with Gasteiger partial charge in [0.1, 0.15) is 0 Å². The second-order valence-corrected chi connectivity index (χ2v) is 3.55. The maximum absolute atomic E-state index is 10.5. The van der Waals surface area contributed by atoms with E-state index in [0.717, 1.165) is 12.8 Å². The fourth-order valence-corrected chi connectivity index (χ4v) is 1.31. The zero-order chi connectivity index (χ0) is 11.3. The molecule has 0 saturated heterocycles. The van der Waals surface area contributed by atoms with Crippen LogP contribution in [0.1, 0.15) is 42.9 Å². The van der Waals surface area contributed by atoms with Crippen LogP contribution in [-0.2, 0) is 6.54 Å². The van der Waals surface area contributed by atoms with Crippen LogP contribution in [0.25, 0.3) is 0 Å². The first-order valence-electron chi connectivity index (χ1n) is 5.05. The molecule has 0 aliphatic heterocycles. The second kappa shape index (κ2) is 5.50. The Labute approximate surface area is 88.5 Å². The number of nitrogens with zero attached hydrogens (tertiary/aromatic N) is 1. The first kappa shape index (κ1) is 11.7. The van der Waals surface area contributed by atoms with Crippen LogP contribution in [0, 0.1) is 0 Å². The van der Waals surface area contributed by atoms with Crippen LogP contribution in [0.15, 0.2) is 10.6 Å². The van der Waals surface area contributed by atoms with Crippen molar-refractivity contribution >= 4 is 5.97 Å². The van der Waals surface area contributed by atoms with E-state index in [0.29, 0.717) is 18.3 Å². The highest BCUT2D eigenvalue weighted by atomic mass is 16.5. The lowest BCUT2D eigenvalue weighted by Crippen LogP contribution is -2.24. The van der Waals surface area contributed by atoms with Crippen LogP contribution in [0.3, 0.4) is 0 Å². The van der Waals surface area contributed by atoms with Crippen LogP contribution in [0.4, 0.5) is 0 Å². The number of carbonyl (C=O) groups is 1. The minimum atomic E-state index is -1.06. The number of carboxylic acid groups (broad SMARTS) is 1. The molecular weight excluding hydrogens is 196 g/mol. The van der Waals surface area contributed by atoms with E-state index in [-0.39, 0.29) is 5.69 Å². The summed E-state index contributed by atoms with van der Waals surface area (Å²) in [5.41, 5.74) is -0.0463. The summed E-state index contributed by atoms with van der Waals surface area (Å²) in [7, 11) is 0.